The maximum Gasteiger partial charge on any atom is 0.259 e. The smallest absolute Gasteiger partial charge is 0.259 e. The molecule has 0 radical (unpaired) electrons. The van der Waals surface area contributed by atoms with Gasteiger partial charge in [-0.3, -0.25) is 9.36 Å². The van der Waals surface area contributed by atoms with Crippen molar-refractivity contribution in [3.8, 4) is 0 Å². The van der Waals surface area contributed by atoms with E-state index < -0.39 is 0 Å². The van der Waals surface area contributed by atoms with Crippen LogP contribution in [0.3, 0.4) is 0 Å². The Hall–Kier alpha value is -1.42. The number of anilines is 1. The van der Waals surface area contributed by atoms with Crippen molar-refractivity contribution in [3.05, 3.63) is 40.7 Å². The fourth-order valence-corrected chi connectivity index (χ4v) is 2.83. The summed E-state index contributed by atoms with van der Waals surface area (Å²) in [5.41, 5.74) is 6.00. The topological polar surface area (TPSA) is 48.0 Å². The van der Waals surface area contributed by atoms with Crippen molar-refractivity contribution in [3.63, 3.8) is 0 Å². The lowest BCUT2D eigenvalue weighted by atomic mass is 10.1. The molecule has 2 N–H and O–H groups in total. The third kappa shape index (κ3) is 2.53. The number of thioether (sulfide) groups is 1. The lowest BCUT2D eigenvalue weighted by Crippen LogP contribution is -2.26. The van der Waals surface area contributed by atoms with Crippen LogP contribution in [-0.2, 0) is 6.54 Å². The lowest BCUT2D eigenvalue weighted by molar-refractivity contribution is 0.526. The minimum absolute atomic E-state index is 0.0125. The van der Waals surface area contributed by atoms with Gasteiger partial charge in [0.15, 0.2) is 0 Å². The number of benzene rings is 1. The number of hydrogen-bond donors (Lipinski definition) is 1. The molecule has 0 saturated heterocycles. The Morgan fingerprint density at radius 3 is 2.83 bits per heavy atom. The number of hydrogen-bond acceptors (Lipinski definition) is 3. The Labute approximate surface area is 111 Å². The summed E-state index contributed by atoms with van der Waals surface area (Å²) in [6, 6.07) is 9.45. The van der Waals surface area contributed by atoms with Gasteiger partial charge in [-0.2, -0.15) is 11.8 Å². The fraction of sp³-hybridized carbons (Fsp3) is 0.357. The number of pyridine rings is 1. The van der Waals surface area contributed by atoms with Gasteiger partial charge in [-0.05, 0) is 35.4 Å². The fourth-order valence-electron chi connectivity index (χ4n) is 2.15. The summed E-state index contributed by atoms with van der Waals surface area (Å²) in [5, 5.41) is 1.65. The van der Waals surface area contributed by atoms with Gasteiger partial charge < -0.3 is 5.73 Å². The van der Waals surface area contributed by atoms with Crippen LogP contribution in [0.5, 0.6) is 0 Å². The molecule has 2 rings (SSSR count). The van der Waals surface area contributed by atoms with E-state index in [9.17, 15) is 4.79 Å². The monoisotopic (exact) mass is 262 g/mol. The number of nitrogens with zero attached hydrogens (tertiary/aromatic N) is 1. The lowest BCUT2D eigenvalue weighted by Gasteiger charge is -2.15. The van der Waals surface area contributed by atoms with Crippen molar-refractivity contribution in [2.24, 2.45) is 5.92 Å². The van der Waals surface area contributed by atoms with Crippen LogP contribution < -0.4 is 11.3 Å². The van der Waals surface area contributed by atoms with E-state index in [0.29, 0.717) is 18.3 Å². The van der Waals surface area contributed by atoms with Crippen LogP contribution in [0.4, 0.5) is 5.82 Å². The number of nitrogens with two attached hydrogens (primary N) is 1. The van der Waals surface area contributed by atoms with E-state index >= 15 is 0 Å². The predicted octanol–water partition coefficient (Wildman–Crippen LogP) is 2.58. The van der Waals surface area contributed by atoms with Gasteiger partial charge >= 0.3 is 0 Å². The van der Waals surface area contributed by atoms with Crippen molar-refractivity contribution < 1.29 is 0 Å². The van der Waals surface area contributed by atoms with Gasteiger partial charge in [-0.15, -0.1) is 0 Å². The maximum absolute atomic E-state index is 12.4. The van der Waals surface area contributed by atoms with Crippen molar-refractivity contribution in [1.29, 1.82) is 0 Å². The number of nitrogen functional groups attached to an aromatic ring is 1. The summed E-state index contributed by atoms with van der Waals surface area (Å²) in [6.07, 6.45) is 2.07. The van der Waals surface area contributed by atoms with Gasteiger partial charge in [0.05, 0.1) is 0 Å². The molecule has 0 aliphatic heterocycles. The predicted molar refractivity (Wildman–Crippen MR) is 80.2 cm³/mol. The van der Waals surface area contributed by atoms with Crippen LogP contribution in [0.15, 0.2) is 35.1 Å². The summed E-state index contributed by atoms with van der Waals surface area (Å²) < 4.78 is 1.68. The molecule has 1 atom stereocenters. The first-order valence-corrected chi connectivity index (χ1v) is 7.40. The molecule has 0 bridgehead atoms. The molecule has 18 heavy (non-hydrogen) atoms. The molecule has 0 aliphatic carbocycles. The Bertz CT molecular complexity index is 606. The Balaban J connectivity index is 2.47. The molecule has 1 heterocycles. The molecule has 2 aromatic rings. The largest absolute Gasteiger partial charge is 0.385 e. The number of rotatable bonds is 4. The van der Waals surface area contributed by atoms with Crippen LogP contribution in [0.25, 0.3) is 10.8 Å². The van der Waals surface area contributed by atoms with Gasteiger partial charge in [0.25, 0.3) is 5.56 Å². The second-order valence-electron chi connectivity index (χ2n) is 4.63. The van der Waals surface area contributed by atoms with E-state index in [1.807, 2.05) is 30.3 Å². The van der Waals surface area contributed by atoms with E-state index in [4.69, 9.17) is 5.73 Å². The van der Waals surface area contributed by atoms with Crippen molar-refractivity contribution >= 4 is 28.4 Å². The zero-order valence-corrected chi connectivity index (χ0v) is 11.5. The molecule has 1 unspecified atom stereocenters. The first kappa shape index (κ1) is 13.0. The van der Waals surface area contributed by atoms with Crippen LogP contribution in [0.2, 0.25) is 0 Å². The molecular weight excluding hydrogens is 244 g/mol. The highest BCUT2D eigenvalue weighted by atomic mass is 32.2. The Morgan fingerprint density at radius 1 is 1.39 bits per heavy atom. The SMILES string of the molecule is CSCC(C)Cn1c(N)cc2ccccc2c1=O. The highest BCUT2D eigenvalue weighted by Gasteiger charge is 2.09. The molecule has 0 amide bonds. The molecule has 3 nitrogen and oxygen atoms in total. The molecular formula is C14H18N2OS. The highest BCUT2D eigenvalue weighted by molar-refractivity contribution is 7.98. The van der Waals surface area contributed by atoms with Gasteiger partial charge in [0, 0.05) is 11.9 Å². The number of aromatic nitrogens is 1. The standard InChI is InChI=1S/C14H18N2OS/c1-10(9-18-2)8-16-13(15)7-11-5-3-4-6-12(11)14(16)17/h3-7,10H,8-9,15H2,1-2H3. The van der Waals surface area contributed by atoms with E-state index in [-0.39, 0.29) is 5.56 Å². The van der Waals surface area contributed by atoms with E-state index in [2.05, 4.69) is 13.2 Å². The van der Waals surface area contributed by atoms with E-state index in [1.165, 1.54) is 0 Å². The van der Waals surface area contributed by atoms with Crippen LogP contribution in [0.1, 0.15) is 6.92 Å². The Morgan fingerprint density at radius 2 is 2.11 bits per heavy atom. The molecule has 0 saturated carbocycles. The third-order valence-corrected chi connectivity index (χ3v) is 3.90. The quantitative estimate of drug-likeness (QED) is 0.921. The normalized spacial score (nSPS) is 12.8. The van der Waals surface area contributed by atoms with E-state index in [0.717, 1.165) is 16.5 Å². The minimum Gasteiger partial charge on any atom is -0.385 e. The summed E-state index contributed by atoms with van der Waals surface area (Å²) in [6.45, 7) is 2.81. The summed E-state index contributed by atoms with van der Waals surface area (Å²) in [5.74, 6) is 2.01. The first-order chi connectivity index (χ1) is 8.63. The molecule has 4 heteroatoms. The average Bonchev–Trinajstić information content (AvgIpc) is 2.35. The average molecular weight is 262 g/mol. The summed E-state index contributed by atoms with van der Waals surface area (Å²) in [7, 11) is 0. The minimum atomic E-state index is 0.0125. The zero-order chi connectivity index (χ0) is 13.1. The zero-order valence-electron chi connectivity index (χ0n) is 10.7. The molecule has 96 valence electrons. The first-order valence-electron chi connectivity index (χ1n) is 6.00. The van der Waals surface area contributed by atoms with Crippen LogP contribution in [-0.4, -0.2) is 16.6 Å². The van der Waals surface area contributed by atoms with Gasteiger partial charge in [-0.1, -0.05) is 25.1 Å². The highest BCUT2D eigenvalue weighted by Crippen LogP contribution is 2.15. The van der Waals surface area contributed by atoms with Crippen LogP contribution >= 0.6 is 11.8 Å². The summed E-state index contributed by atoms with van der Waals surface area (Å²) in [4.78, 5) is 12.4. The second kappa shape index (κ2) is 5.48. The second-order valence-corrected chi connectivity index (χ2v) is 5.54. The maximum atomic E-state index is 12.4. The van der Waals surface area contributed by atoms with E-state index in [1.54, 1.807) is 16.3 Å². The third-order valence-electron chi connectivity index (χ3n) is 3.00. The summed E-state index contributed by atoms with van der Waals surface area (Å²) >= 11 is 1.79. The molecule has 0 fully saturated rings. The van der Waals surface area contributed by atoms with Gasteiger partial charge in [-0.25, -0.2) is 0 Å². The Kier molecular flexibility index (Phi) is 3.97. The van der Waals surface area contributed by atoms with Crippen molar-refractivity contribution in [2.75, 3.05) is 17.7 Å². The number of fused-ring (bicyclic) bond motifs is 1. The molecule has 0 aliphatic rings. The molecule has 1 aromatic heterocycles. The van der Waals surface area contributed by atoms with Gasteiger partial charge in [0.2, 0.25) is 0 Å². The van der Waals surface area contributed by atoms with Crippen molar-refractivity contribution in [1.82, 2.24) is 4.57 Å². The molecule has 1 aromatic carbocycles. The molecule has 0 spiro atoms. The van der Waals surface area contributed by atoms with Crippen molar-refractivity contribution in [2.45, 2.75) is 13.5 Å². The van der Waals surface area contributed by atoms with Crippen LogP contribution in [0, 0.1) is 5.92 Å². The van der Waals surface area contributed by atoms with Gasteiger partial charge in [0.1, 0.15) is 5.82 Å².